The Morgan fingerprint density at radius 2 is 2.00 bits per heavy atom. The third-order valence-corrected chi connectivity index (χ3v) is 4.66. The molecule has 19 heavy (non-hydrogen) atoms. The molecule has 0 aromatic carbocycles. The van der Waals surface area contributed by atoms with E-state index in [4.69, 9.17) is 9.52 Å². The van der Waals surface area contributed by atoms with Crippen LogP contribution in [0.5, 0.6) is 0 Å². The van der Waals surface area contributed by atoms with E-state index in [-0.39, 0.29) is 23.0 Å². The molecule has 0 aliphatic carbocycles. The van der Waals surface area contributed by atoms with Crippen molar-refractivity contribution in [3.63, 3.8) is 0 Å². The Bertz CT molecular complexity index is 602. The lowest BCUT2D eigenvalue weighted by Gasteiger charge is -2.22. The zero-order valence-corrected chi connectivity index (χ0v) is 10.8. The Morgan fingerprint density at radius 1 is 1.32 bits per heavy atom. The van der Waals surface area contributed by atoms with Gasteiger partial charge in [-0.25, -0.2) is 13.2 Å². The molecule has 1 aliphatic rings. The highest BCUT2D eigenvalue weighted by atomic mass is 32.2. The Kier molecular flexibility index (Phi) is 3.61. The zero-order chi connectivity index (χ0) is 14.0. The first-order valence-electron chi connectivity index (χ1n) is 5.72. The molecule has 1 unspecified atom stereocenters. The van der Waals surface area contributed by atoms with Gasteiger partial charge in [0.1, 0.15) is 0 Å². The molecular weight excluding hydrogens is 274 g/mol. The van der Waals surface area contributed by atoms with Crippen molar-refractivity contribution in [2.75, 3.05) is 11.5 Å². The van der Waals surface area contributed by atoms with Gasteiger partial charge in [0.2, 0.25) is 5.76 Å². The fraction of sp³-hybridized carbons (Fsp3) is 0.455. The number of aromatic carboxylic acids is 1. The van der Waals surface area contributed by atoms with Crippen LogP contribution in [-0.4, -0.2) is 42.9 Å². The Hall–Kier alpha value is -1.83. The van der Waals surface area contributed by atoms with Crippen LogP contribution in [0, 0.1) is 0 Å². The van der Waals surface area contributed by atoms with Crippen LogP contribution >= 0.6 is 0 Å². The van der Waals surface area contributed by atoms with Gasteiger partial charge in [-0.2, -0.15) is 0 Å². The van der Waals surface area contributed by atoms with Gasteiger partial charge in [0, 0.05) is 6.04 Å². The molecule has 0 spiro atoms. The van der Waals surface area contributed by atoms with E-state index < -0.39 is 27.8 Å². The lowest BCUT2D eigenvalue weighted by molar-refractivity contribution is 0.0659. The highest BCUT2D eigenvalue weighted by Gasteiger charge is 2.27. The summed E-state index contributed by atoms with van der Waals surface area (Å²) < 4.78 is 27.7. The van der Waals surface area contributed by atoms with Crippen molar-refractivity contribution in [1.29, 1.82) is 0 Å². The number of sulfone groups is 1. The molecule has 0 saturated carbocycles. The zero-order valence-electron chi connectivity index (χ0n) is 9.96. The minimum absolute atomic E-state index is 0.0920. The van der Waals surface area contributed by atoms with Crippen LogP contribution in [0.3, 0.4) is 0 Å². The predicted molar refractivity (Wildman–Crippen MR) is 64.8 cm³/mol. The van der Waals surface area contributed by atoms with Crippen LogP contribution in [0.25, 0.3) is 0 Å². The van der Waals surface area contributed by atoms with E-state index in [1.54, 1.807) is 0 Å². The third-order valence-electron chi connectivity index (χ3n) is 2.84. The van der Waals surface area contributed by atoms with Gasteiger partial charge in [-0.1, -0.05) is 0 Å². The summed E-state index contributed by atoms with van der Waals surface area (Å²) in [5, 5.41) is 11.2. The topological polar surface area (TPSA) is 114 Å². The number of nitrogens with one attached hydrogen (secondary N) is 1. The number of furan rings is 1. The molecule has 0 bridgehead atoms. The fourth-order valence-electron chi connectivity index (χ4n) is 1.97. The van der Waals surface area contributed by atoms with Gasteiger partial charge in [0.25, 0.3) is 5.91 Å². The average Bonchev–Trinajstić information content (AvgIpc) is 2.76. The number of carbonyl (C=O) groups is 2. The maximum absolute atomic E-state index is 11.8. The molecule has 1 saturated heterocycles. The van der Waals surface area contributed by atoms with Gasteiger partial charge >= 0.3 is 5.97 Å². The number of carboxylic acids is 1. The molecule has 0 radical (unpaired) electrons. The SMILES string of the molecule is O=C(O)c1ccc(C(=O)NC2CCCS(=O)(=O)C2)o1. The fourth-order valence-corrected chi connectivity index (χ4v) is 3.60. The van der Waals surface area contributed by atoms with E-state index in [1.165, 1.54) is 12.1 Å². The minimum Gasteiger partial charge on any atom is -0.475 e. The number of amides is 1. The second kappa shape index (κ2) is 5.04. The lowest BCUT2D eigenvalue weighted by Crippen LogP contribution is -2.43. The van der Waals surface area contributed by atoms with Crippen LogP contribution in [0.1, 0.15) is 34.0 Å². The van der Waals surface area contributed by atoms with Gasteiger partial charge in [0.15, 0.2) is 15.6 Å². The smallest absolute Gasteiger partial charge is 0.371 e. The predicted octanol–water partition coefficient (Wildman–Crippen LogP) is 0.285. The van der Waals surface area contributed by atoms with Crippen LogP contribution in [0.4, 0.5) is 0 Å². The molecule has 8 heteroatoms. The van der Waals surface area contributed by atoms with Gasteiger partial charge in [0.05, 0.1) is 11.5 Å². The van der Waals surface area contributed by atoms with Crippen molar-refractivity contribution in [3.8, 4) is 0 Å². The summed E-state index contributed by atoms with van der Waals surface area (Å²) in [7, 11) is -3.11. The number of hydrogen-bond donors (Lipinski definition) is 2. The van der Waals surface area contributed by atoms with Crippen LogP contribution in [-0.2, 0) is 9.84 Å². The summed E-state index contributed by atoms with van der Waals surface area (Å²) >= 11 is 0. The van der Waals surface area contributed by atoms with Crippen molar-refractivity contribution >= 4 is 21.7 Å². The van der Waals surface area contributed by atoms with Gasteiger partial charge in [-0.05, 0) is 25.0 Å². The Labute approximate surface area is 109 Å². The monoisotopic (exact) mass is 287 g/mol. The highest BCUT2D eigenvalue weighted by Crippen LogP contribution is 2.14. The Morgan fingerprint density at radius 3 is 2.58 bits per heavy atom. The summed E-state index contributed by atoms with van der Waals surface area (Å²) in [4.78, 5) is 22.4. The second-order valence-corrected chi connectivity index (χ2v) is 6.62. The summed E-state index contributed by atoms with van der Waals surface area (Å²) in [5.41, 5.74) is 0. The van der Waals surface area contributed by atoms with E-state index >= 15 is 0 Å². The number of carboxylic acid groups (broad SMARTS) is 1. The van der Waals surface area contributed by atoms with E-state index in [1.807, 2.05) is 0 Å². The molecule has 1 aliphatic heterocycles. The molecule has 1 atom stereocenters. The maximum atomic E-state index is 11.8. The number of rotatable bonds is 3. The van der Waals surface area contributed by atoms with E-state index in [2.05, 4.69) is 5.32 Å². The van der Waals surface area contributed by atoms with Crippen LogP contribution in [0.2, 0.25) is 0 Å². The van der Waals surface area contributed by atoms with E-state index in [0.29, 0.717) is 12.8 Å². The quantitative estimate of drug-likeness (QED) is 0.825. The maximum Gasteiger partial charge on any atom is 0.371 e. The minimum atomic E-state index is -3.11. The molecule has 2 N–H and O–H groups in total. The first-order valence-corrected chi connectivity index (χ1v) is 7.54. The van der Waals surface area contributed by atoms with Crippen LogP contribution in [0.15, 0.2) is 16.5 Å². The van der Waals surface area contributed by atoms with Crippen molar-refractivity contribution in [2.45, 2.75) is 18.9 Å². The van der Waals surface area contributed by atoms with Crippen LogP contribution < -0.4 is 5.32 Å². The van der Waals surface area contributed by atoms with Crippen molar-refractivity contribution in [1.82, 2.24) is 5.32 Å². The molecule has 7 nitrogen and oxygen atoms in total. The van der Waals surface area contributed by atoms with E-state index in [0.717, 1.165) is 0 Å². The molecular formula is C11H13NO6S. The van der Waals surface area contributed by atoms with Crippen molar-refractivity contribution in [2.24, 2.45) is 0 Å². The molecule has 104 valence electrons. The normalized spacial score (nSPS) is 21.8. The summed E-state index contributed by atoms with van der Waals surface area (Å²) in [6.07, 6.45) is 1.09. The Balaban J connectivity index is 2.02. The summed E-state index contributed by atoms with van der Waals surface area (Å²) in [6.45, 7) is 0. The number of hydrogen-bond acceptors (Lipinski definition) is 5. The van der Waals surface area contributed by atoms with Crippen molar-refractivity contribution in [3.05, 3.63) is 23.7 Å². The first kappa shape index (κ1) is 13.6. The van der Waals surface area contributed by atoms with Gasteiger partial charge < -0.3 is 14.8 Å². The lowest BCUT2D eigenvalue weighted by atomic mass is 10.2. The average molecular weight is 287 g/mol. The van der Waals surface area contributed by atoms with Gasteiger partial charge in [-0.3, -0.25) is 4.79 Å². The molecule has 1 fully saturated rings. The molecule has 2 rings (SSSR count). The highest BCUT2D eigenvalue weighted by molar-refractivity contribution is 7.91. The third kappa shape index (κ3) is 3.34. The molecule has 2 heterocycles. The first-order chi connectivity index (χ1) is 8.87. The molecule has 1 aromatic rings. The molecule has 1 amide bonds. The van der Waals surface area contributed by atoms with Gasteiger partial charge in [-0.15, -0.1) is 0 Å². The number of carbonyl (C=O) groups excluding carboxylic acids is 1. The largest absolute Gasteiger partial charge is 0.475 e. The standard InChI is InChI=1S/C11H13NO6S/c13-10(8-3-4-9(18-8)11(14)15)12-7-2-1-5-19(16,17)6-7/h3-4,7H,1-2,5-6H2,(H,12,13)(H,14,15). The summed E-state index contributed by atoms with van der Waals surface area (Å²) in [5.74, 6) is -2.29. The second-order valence-electron chi connectivity index (χ2n) is 4.40. The molecule has 1 aromatic heterocycles. The van der Waals surface area contributed by atoms with E-state index in [9.17, 15) is 18.0 Å². The summed E-state index contributed by atoms with van der Waals surface area (Å²) in [6, 6.07) is 1.97. The van der Waals surface area contributed by atoms with Crippen molar-refractivity contribution < 1.29 is 27.5 Å².